The van der Waals surface area contributed by atoms with Crippen molar-refractivity contribution in [2.75, 3.05) is 7.11 Å². The highest BCUT2D eigenvalue weighted by Gasteiger charge is 1.98. The average molecular weight is 218 g/mol. The van der Waals surface area contributed by atoms with E-state index in [0.717, 1.165) is 18.0 Å². The lowest BCUT2D eigenvalue weighted by Gasteiger charge is -2.05. The third-order valence-corrected chi connectivity index (χ3v) is 3.65. The van der Waals surface area contributed by atoms with E-state index in [1.807, 2.05) is 6.08 Å². The summed E-state index contributed by atoms with van der Waals surface area (Å²) < 4.78 is 5.15. The van der Waals surface area contributed by atoms with Crippen molar-refractivity contribution in [3.05, 3.63) is 54.1 Å². The van der Waals surface area contributed by atoms with Gasteiger partial charge in [0, 0.05) is 7.11 Å². The van der Waals surface area contributed by atoms with Crippen LogP contribution in [0.1, 0.15) is 11.1 Å². The molecule has 0 heterocycles. The highest BCUT2D eigenvalue weighted by molar-refractivity contribution is 6.28. The van der Waals surface area contributed by atoms with E-state index < -0.39 is 0 Å². The Morgan fingerprint density at radius 1 is 1.40 bits per heavy atom. The lowest BCUT2D eigenvalue weighted by Crippen LogP contribution is -1.97. The van der Waals surface area contributed by atoms with Crippen molar-refractivity contribution in [1.82, 2.24) is 0 Å². The Kier molecular flexibility index (Phi) is 5.08. The molecule has 0 spiro atoms. The van der Waals surface area contributed by atoms with Gasteiger partial charge in [0.05, 0.1) is 0 Å². The highest BCUT2D eigenvalue weighted by atomic mass is 28.2. The molecule has 0 aliphatic heterocycles. The number of hydrogen-bond donors (Lipinski definition) is 0. The van der Waals surface area contributed by atoms with E-state index in [9.17, 15) is 0 Å². The van der Waals surface area contributed by atoms with Crippen molar-refractivity contribution in [3.8, 4) is 0 Å². The molecule has 0 aromatic heterocycles. The molecule has 0 unspecified atom stereocenters. The van der Waals surface area contributed by atoms with Crippen molar-refractivity contribution in [2.24, 2.45) is 0 Å². The van der Waals surface area contributed by atoms with Crippen LogP contribution in [0.15, 0.2) is 43.0 Å². The maximum Gasteiger partial charge on any atom is 0.165 e. The van der Waals surface area contributed by atoms with Crippen molar-refractivity contribution in [3.63, 3.8) is 0 Å². The Morgan fingerprint density at radius 3 is 2.60 bits per heavy atom. The van der Waals surface area contributed by atoms with Gasteiger partial charge in [0.25, 0.3) is 0 Å². The average Bonchev–Trinajstić information content (AvgIpc) is 2.27. The van der Waals surface area contributed by atoms with Crippen LogP contribution in [0, 0.1) is 0 Å². The summed E-state index contributed by atoms with van der Waals surface area (Å²) in [5, 5.41) is 0. The number of rotatable bonds is 6. The van der Waals surface area contributed by atoms with Gasteiger partial charge in [-0.15, -0.1) is 0 Å². The molecule has 0 aliphatic carbocycles. The van der Waals surface area contributed by atoms with E-state index >= 15 is 0 Å². The van der Waals surface area contributed by atoms with Gasteiger partial charge in [0.1, 0.15) is 0 Å². The van der Waals surface area contributed by atoms with Crippen LogP contribution in [-0.2, 0) is 10.8 Å². The molecular formula is C13H18OSi. The van der Waals surface area contributed by atoms with Gasteiger partial charge in [-0.3, -0.25) is 0 Å². The monoisotopic (exact) mass is 218 g/mol. The summed E-state index contributed by atoms with van der Waals surface area (Å²) in [6.45, 7) is 7.80. The molecule has 1 nitrogen and oxygen atoms in total. The smallest absolute Gasteiger partial charge is 0.165 e. The molecular weight excluding hydrogens is 200 g/mol. The van der Waals surface area contributed by atoms with Crippen LogP contribution < -0.4 is 0 Å². The summed E-state index contributed by atoms with van der Waals surface area (Å²) in [6.07, 6.45) is 2.82. The second-order valence-corrected chi connectivity index (χ2v) is 5.10. The SMILES string of the molecule is C=Cc1ccc(CC(=C)C[SiH2]OC)cc1. The molecule has 0 fully saturated rings. The fourth-order valence-electron chi connectivity index (χ4n) is 1.40. The molecule has 1 rings (SSSR count). The number of benzene rings is 1. The van der Waals surface area contributed by atoms with E-state index in [0.29, 0.717) is 0 Å². The molecule has 0 saturated carbocycles. The molecule has 0 bridgehead atoms. The molecule has 0 N–H and O–H groups in total. The van der Waals surface area contributed by atoms with Crippen LogP contribution in [0.25, 0.3) is 6.08 Å². The van der Waals surface area contributed by atoms with E-state index in [2.05, 4.69) is 37.4 Å². The Balaban J connectivity index is 2.49. The van der Waals surface area contributed by atoms with Gasteiger partial charge in [-0.25, -0.2) is 0 Å². The van der Waals surface area contributed by atoms with Crippen LogP contribution in [0.4, 0.5) is 0 Å². The standard InChI is InChI=1S/C13H18OSi/c1-4-12-5-7-13(8-6-12)9-11(2)10-15-14-3/h4-8H,1-2,9-10,15H2,3H3. The Hall–Kier alpha value is -1.12. The van der Waals surface area contributed by atoms with Gasteiger partial charge in [-0.2, -0.15) is 0 Å². The topological polar surface area (TPSA) is 9.23 Å². The van der Waals surface area contributed by atoms with Gasteiger partial charge >= 0.3 is 0 Å². The Morgan fingerprint density at radius 2 is 2.07 bits per heavy atom. The van der Waals surface area contributed by atoms with Gasteiger partial charge in [-0.1, -0.05) is 49.1 Å². The third kappa shape index (κ3) is 4.28. The minimum absolute atomic E-state index is 0.370. The summed E-state index contributed by atoms with van der Waals surface area (Å²) in [5.74, 6) is 0. The maximum atomic E-state index is 5.15. The van der Waals surface area contributed by atoms with Crippen LogP contribution in [0.3, 0.4) is 0 Å². The zero-order valence-electron chi connectivity index (χ0n) is 9.33. The van der Waals surface area contributed by atoms with E-state index in [1.165, 1.54) is 11.1 Å². The maximum absolute atomic E-state index is 5.15. The van der Waals surface area contributed by atoms with Crippen LogP contribution >= 0.6 is 0 Å². The molecule has 0 radical (unpaired) electrons. The van der Waals surface area contributed by atoms with E-state index in [4.69, 9.17) is 4.43 Å². The molecule has 2 heteroatoms. The molecule has 0 atom stereocenters. The first kappa shape index (κ1) is 11.9. The second kappa shape index (κ2) is 6.38. The Labute approximate surface area is 94.4 Å². The van der Waals surface area contributed by atoms with E-state index in [1.54, 1.807) is 7.11 Å². The minimum Gasteiger partial charge on any atom is -0.427 e. The fraction of sp³-hybridized carbons (Fsp3) is 0.231. The normalized spacial score (nSPS) is 10.7. The third-order valence-electron chi connectivity index (χ3n) is 2.33. The van der Waals surface area contributed by atoms with Crippen molar-refractivity contribution >= 4 is 15.8 Å². The predicted octanol–water partition coefficient (Wildman–Crippen LogP) is 2.58. The van der Waals surface area contributed by atoms with Crippen molar-refractivity contribution < 1.29 is 4.43 Å². The first-order valence-corrected chi connectivity index (χ1v) is 6.71. The zero-order valence-corrected chi connectivity index (χ0v) is 10.7. The highest BCUT2D eigenvalue weighted by Crippen LogP contribution is 2.11. The first-order valence-electron chi connectivity index (χ1n) is 5.13. The zero-order chi connectivity index (χ0) is 11.1. The number of hydrogen-bond acceptors (Lipinski definition) is 1. The Bertz CT molecular complexity index is 327. The lowest BCUT2D eigenvalue weighted by molar-refractivity contribution is 0.442. The summed E-state index contributed by atoms with van der Waals surface area (Å²) in [6, 6.07) is 9.51. The molecule has 0 amide bonds. The molecule has 0 saturated heterocycles. The molecule has 15 heavy (non-hydrogen) atoms. The number of allylic oxidation sites excluding steroid dienone is 1. The summed E-state index contributed by atoms with van der Waals surface area (Å²) in [7, 11) is 1.41. The molecule has 1 aromatic carbocycles. The van der Waals surface area contributed by atoms with Gasteiger partial charge in [0.2, 0.25) is 0 Å². The quantitative estimate of drug-likeness (QED) is 0.527. The largest absolute Gasteiger partial charge is 0.427 e. The predicted molar refractivity (Wildman–Crippen MR) is 69.7 cm³/mol. The van der Waals surface area contributed by atoms with E-state index in [-0.39, 0.29) is 9.76 Å². The van der Waals surface area contributed by atoms with Crippen molar-refractivity contribution in [1.29, 1.82) is 0 Å². The molecule has 0 aliphatic rings. The van der Waals surface area contributed by atoms with Crippen LogP contribution in [-0.4, -0.2) is 16.9 Å². The van der Waals surface area contributed by atoms with Crippen molar-refractivity contribution in [2.45, 2.75) is 12.5 Å². The molecule has 1 aromatic rings. The fourth-order valence-corrected chi connectivity index (χ4v) is 2.06. The van der Waals surface area contributed by atoms with Gasteiger partial charge < -0.3 is 4.43 Å². The summed E-state index contributed by atoms with van der Waals surface area (Å²) in [5.41, 5.74) is 3.75. The molecule has 80 valence electrons. The van der Waals surface area contributed by atoms with Gasteiger partial charge in [0.15, 0.2) is 9.76 Å². The lowest BCUT2D eigenvalue weighted by atomic mass is 10.1. The minimum atomic E-state index is -0.370. The van der Waals surface area contributed by atoms with Crippen LogP contribution in [0.2, 0.25) is 6.04 Å². The summed E-state index contributed by atoms with van der Waals surface area (Å²) in [4.78, 5) is 0. The summed E-state index contributed by atoms with van der Waals surface area (Å²) >= 11 is 0. The van der Waals surface area contributed by atoms with Crippen LogP contribution in [0.5, 0.6) is 0 Å². The first-order chi connectivity index (χ1) is 7.26. The van der Waals surface area contributed by atoms with Gasteiger partial charge in [-0.05, 0) is 23.6 Å². The second-order valence-electron chi connectivity index (χ2n) is 3.62.